The van der Waals surface area contributed by atoms with E-state index in [0.717, 1.165) is 0 Å². The van der Waals surface area contributed by atoms with Gasteiger partial charge in [0.05, 0.1) is 0 Å². The van der Waals surface area contributed by atoms with E-state index in [0.29, 0.717) is 0 Å². The van der Waals surface area contributed by atoms with E-state index >= 15 is 0 Å². The largest absolute Gasteiger partial charge is 0.135 e. The first-order valence-electron chi connectivity index (χ1n) is 9.94. The summed E-state index contributed by atoms with van der Waals surface area (Å²) in [5, 5.41) is 0. The molecule has 3 heteroatoms. The lowest BCUT2D eigenvalue weighted by Gasteiger charge is -2.44. The van der Waals surface area contributed by atoms with Gasteiger partial charge in [-0.3, -0.25) is 0 Å². The molecule has 144 valence electrons. The van der Waals surface area contributed by atoms with Crippen LogP contribution in [0.2, 0.25) is 0 Å². The van der Waals surface area contributed by atoms with Crippen molar-refractivity contribution in [3.63, 3.8) is 0 Å². The van der Waals surface area contributed by atoms with Crippen LogP contribution in [0.3, 0.4) is 0 Å². The summed E-state index contributed by atoms with van der Waals surface area (Å²) < 4.78 is 1.36. The van der Waals surface area contributed by atoms with Crippen molar-refractivity contribution in [1.82, 2.24) is 0 Å². The Morgan fingerprint density at radius 1 is 0.778 bits per heavy atom. The fourth-order valence-corrected chi connectivity index (χ4v) is 8.40. The van der Waals surface area contributed by atoms with E-state index in [9.17, 15) is 0 Å². The summed E-state index contributed by atoms with van der Waals surface area (Å²) in [4.78, 5) is 0. The monoisotopic (exact) mass is 508 g/mol. The highest BCUT2D eigenvalue weighted by Crippen LogP contribution is 2.56. The minimum atomic E-state index is 0.0339. The first-order chi connectivity index (χ1) is 12.7. The van der Waals surface area contributed by atoms with E-state index < -0.39 is 0 Å². The molecular formula is C24H29IS2. The lowest BCUT2D eigenvalue weighted by molar-refractivity contribution is 0.331. The van der Waals surface area contributed by atoms with Crippen molar-refractivity contribution in [2.75, 3.05) is 11.5 Å². The van der Waals surface area contributed by atoms with Gasteiger partial charge in [-0.15, -0.1) is 23.5 Å². The molecule has 0 saturated carbocycles. The standard InChI is InChI=1S/C24H29IS2/c1-22(2)11-12-23(3,4)21-16-18(9-10-20(21)22)24(26-13-6-14-27-24)17-7-5-8-19(25)15-17/h5,7-10,15-16H,6,11-14H2,1-4H3. The molecule has 1 heterocycles. The fraction of sp³-hybridized carbons (Fsp3) is 0.500. The molecule has 0 bridgehead atoms. The Bertz CT molecular complexity index is 847. The van der Waals surface area contributed by atoms with Crippen LogP contribution in [0, 0.1) is 3.57 Å². The van der Waals surface area contributed by atoms with Crippen LogP contribution in [0.1, 0.15) is 69.2 Å². The Kier molecular flexibility index (Phi) is 5.44. The van der Waals surface area contributed by atoms with Crippen LogP contribution in [0.4, 0.5) is 0 Å². The van der Waals surface area contributed by atoms with Crippen molar-refractivity contribution < 1.29 is 0 Å². The van der Waals surface area contributed by atoms with Gasteiger partial charge < -0.3 is 0 Å². The second-order valence-corrected chi connectivity index (χ2v) is 13.3. The summed E-state index contributed by atoms with van der Waals surface area (Å²) in [6.07, 6.45) is 3.86. The van der Waals surface area contributed by atoms with Crippen LogP contribution in [-0.2, 0) is 14.9 Å². The van der Waals surface area contributed by atoms with Gasteiger partial charge >= 0.3 is 0 Å². The normalized spacial score (nSPS) is 22.9. The summed E-state index contributed by atoms with van der Waals surface area (Å²) in [6, 6.07) is 16.6. The lowest BCUT2D eigenvalue weighted by Crippen LogP contribution is -2.34. The molecule has 0 amide bonds. The molecule has 1 saturated heterocycles. The predicted molar refractivity (Wildman–Crippen MR) is 131 cm³/mol. The number of fused-ring (bicyclic) bond motifs is 1. The molecule has 0 unspecified atom stereocenters. The molecule has 1 fully saturated rings. The number of hydrogen-bond donors (Lipinski definition) is 0. The van der Waals surface area contributed by atoms with Crippen LogP contribution in [0.15, 0.2) is 42.5 Å². The van der Waals surface area contributed by atoms with E-state index in [4.69, 9.17) is 0 Å². The maximum atomic E-state index is 2.57. The molecule has 0 nitrogen and oxygen atoms in total. The average Bonchev–Trinajstić information content (AvgIpc) is 2.66. The maximum Gasteiger partial charge on any atom is 0.111 e. The zero-order valence-electron chi connectivity index (χ0n) is 16.8. The Balaban J connectivity index is 1.90. The maximum absolute atomic E-state index is 2.57. The van der Waals surface area contributed by atoms with Gasteiger partial charge in [0.15, 0.2) is 0 Å². The zero-order valence-corrected chi connectivity index (χ0v) is 20.6. The molecule has 0 spiro atoms. The van der Waals surface area contributed by atoms with Crippen molar-refractivity contribution in [3.05, 3.63) is 68.3 Å². The van der Waals surface area contributed by atoms with Gasteiger partial charge in [-0.2, -0.15) is 0 Å². The topological polar surface area (TPSA) is 0 Å². The van der Waals surface area contributed by atoms with Gasteiger partial charge in [0.2, 0.25) is 0 Å². The number of hydrogen-bond acceptors (Lipinski definition) is 2. The predicted octanol–water partition coefficient (Wildman–Crippen LogP) is 7.71. The fourth-order valence-electron chi connectivity index (χ4n) is 4.52. The molecule has 0 aromatic heterocycles. The van der Waals surface area contributed by atoms with E-state index in [1.165, 1.54) is 45.5 Å². The second-order valence-electron chi connectivity index (χ2n) is 9.21. The van der Waals surface area contributed by atoms with Gasteiger partial charge in [0.25, 0.3) is 0 Å². The van der Waals surface area contributed by atoms with Crippen LogP contribution >= 0.6 is 46.1 Å². The highest BCUT2D eigenvalue weighted by Gasteiger charge is 2.41. The molecule has 2 aromatic rings. The molecular weight excluding hydrogens is 479 g/mol. The molecule has 4 rings (SSSR count). The van der Waals surface area contributed by atoms with Gasteiger partial charge in [-0.25, -0.2) is 0 Å². The van der Waals surface area contributed by atoms with Crippen LogP contribution < -0.4 is 0 Å². The Hall–Kier alpha value is -0.130. The highest BCUT2D eigenvalue weighted by molar-refractivity contribution is 14.1. The Morgan fingerprint density at radius 3 is 2.07 bits per heavy atom. The smallest absolute Gasteiger partial charge is 0.111 e. The first-order valence-corrected chi connectivity index (χ1v) is 13.0. The molecule has 27 heavy (non-hydrogen) atoms. The minimum absolute atomic E-state index is 0.0339. The summed E-state index contributed by atoms with van der Waals surface area (Å²) in [7, 11) is 0. The van der Waals surface area contributed by atoms with Crippen LogP contribution in [0.5, 0.6) is 0 Å². The first kappa shape index (κ1) is 20.2. The summed E-state index contributed by atoms with van der Waals surface area (Å²) in [6.45, 7) is 9.70. The van der Waals surface area contributed by atoms with Crippen LogP contribution in [-0.4, -0.2) is 11.5 Å². The minimum Gasteiger partial charge on any atom is -0.135 e. The van der Waals surface area contributed by atoms with Crippen LogP contribution in [0.25, 0.3) is 0 Å². The number of rotatable bonds is 2. The van der Waals surface area contributed by atoms with Crippen molar-refractivity contribution >= 4 is 46.1 Å². The van der Waals surface area contributed by atoms with E-state index in [1.54, 1.807) is 11.1 Å². The third kappa shape index (κ3) is 3.61. The van der Waals surface area contributed by atoms with Gasteiger partial charge in [-0.05, 0) is 98.6 Å². The quantitative estimate of drug-likeness (QED) is 0.381. The van der Waals surface area contributed by atoms with Gasteiger partial charge in [0.1, 0.15) is 4.08 Å². The molecule has 0 radical (unpaired) electrons. The van der Waals surface area contributed by atoms with Gasteiger partial charge in [-0.1, -0.05) is 58.0 Å². The third-order valence-corrected chi connectivity index (χ3v) is 10.5. The third-order valence-electron chi connectivity index (χ3n) is 6.34. The summed E-state index contributed by atoms with van der Waals surface area (Å²) >= 11 is 6.73. The molecule has 1 aliphatic carbocycles. The number of halogens is 1. The van der Waals surface area contributed by atoms with Crippen molar-refractivity contribution in [2.24, 2.45) is 0 Å². The van der Waals surface area contributed by atoms with E-state index in [2.05, 4.69) is 116 Å². The Morgan fingerprint density at radius 2 is 1.41 bits per heavy atom. The van der Waals surface area contributed by atoms with E-state index in [1.807, 2.05) is 0 Å². The van der Waals surface area contributed by atoms with Crippen molar-refractivity contribution in [1.29, 1.82) is 0 Å². The Labute approximate surface area is 186 Å². The lowest BCUT2D eigenvalue weighted by atomic mass is 9.63. The molecule has 1 aliphatic heterocycles. The van der Waals surface area contributed by atoms with Gasteiger partial charge in [0, 0.05) is 3.57 Å². The number of benzene rings is 2. The average molecular weight is 509 g/mol. The summed E-state index contributed by atoms with van der Waals surface area (Å²) in [5.41, 5.74) is 6.63. The SMILES string of the molecule is CC1(C)CCC(C)(C)c2cc(C3(c4cccc(I)c4)SCCCS3)ccc21. The molecule has 0 N–H and O–H groups in total. The molecule has 0 atom stereocenters. The highest BCUT2D eigenvalue weighted by atomic mass is 127. The zero-order chi connectivity index (χ0) is 19.3. The number of thioether (sulfide) groups is 2. The summed E-state index contributed by atoms with van der Waals surface area (Å²) in [5.74, 6) is 2.48. The van der Waals surface area contributed by atoms with E-state index in [-0.39, 0.29) is 14.9 Å². The van der Waals surface area contributed by atoms with Crippen molar-refractivity contribution in [3.8, 4) is 0 Å². The molecule has 2 aromatic carbocycles. The van der Waals surface area contributed by atoms with Crippen molar-refractivity contribution in [2.45, 2.75) is 61.9 Å². The second kappa shape index (κ2) is 7.28. The molecule has 2 aliphatic rings.